The summed E-state index contributed by atoms with van der Waals surface area (Å²) in [6.07, 6.45) is 0. The molecular weight excluding hydrogens is 336 g/mol. The minimum Gasteiger partial charge on any atom is -0.481 e. The van der Waals surface area contributed by atoms with Gasteiger partial charge in [0.25, 0.3) is 0 Å². The Morgan fingerprint density at radius 3 is 1.60 bits per heavy atom. The van der Waals surface area contributed by atoms with Crippen LogP contribution < -0.4 is 0 Å². The van der Waals surface area contributed by atoms with E-state index in [1.165, 1.54) is 29.0 Å². The molecule has 0 aromatic heterocycles. The first-order chi connectivity index (χ1) is 9.59. The van der Waals surface area contributed by atoms with Gasteiger partial charge in [0.15, 0.2) is 5.92 Å². The maximum atomic E-state index is 10.7. The molecule has 8 heteroatoms. The van der Waals surface area contributed by atoms with E-state index in [4.69, 9.17) is 10.2 Å². The van der Waals surface area contributed by atoms with Crippen molar-refractivity contribution in [2.75, 3.05) is 46.0 Å². The highest BCUT2D eigenvalue weighted by Gasteiger charge is 2.25. The molecule has 0 aromatic carbocycles. The van der Waals surface area contributed by atoms with Gasteiger partial charge in [-0.2, -0.15) is 47.0 Å². The fourth-order valence-corrected chi connectivity index (χ4v) is 5.36. The smallest absolute Gasteiger partial charge is 0.318 e. The molecule has 0 unspecified atom stereocenters. The zero-order valence-electron chi connectivity index (χ0n) is 11.6. The number of thioether (sulfide) groups is 4. The number of hydrogen-bond acceptors (Lipinski definition) is 6. The molecule has 0 saturated heterocycles. The van der Waals surface area contributed by atoms with E-state index >= 15 is 0 Å². The zero-order valence-corrected chi connectivity index (χ0v) is 14.8. The normalized spacial score (nSPS) is 10.9. The van der Waals surface area contributed by atoms with Crippen LogP contribution in [0.15, 0.2) is 0 Å². The van der Waals surface area contributed by atoms with Crippen LogP contribution >= 0.6 is 47.0 Å². The number of rotatable bonds is 14. The molecule has 2 N–H and O–H groups in total. The highest BCUT2D eigenvalue weighted by molar-refractivity contribution is 8.05. The molecule has 0 amide bonds. The van der Waals surface area contributed by atoms with Crippen LogP contribution in [0.25, 0.3) is 0 Å². The van der Waals surface area contributed by atoms with Crippen LogP contribution in [0, 0.1) is 5.92 Å². The second-order valence-electron chi connectivity index (χ2n) is 3.73. The molecule has 0 bridgehead atoms. The molecular formula is C12H22O4S4. The summed E-state index contributed by atoms with van der Waals surface area (Å²) in [5.41, 5.74) is 0. The average Bonchev–Trinajstić information content (AvgIpc) is 2.39. The monoisotopic (exact) mass is 358 g/mol. The van der Waals surface area contributed by atoms with Gasteiger partial charge in [0, 0.05) is 40.3 Å². The highest BCUT2D eigenvalue weighted by atomic mass is 32.2. The molecule has 0 aliphatic rings. The Labute approximate surface area is 137 Å². The minimum atomic E-state index is -1.28. The van der Waals surface area contributed by atoms with E-state index in [1.807, 2.05) is 35.3 Å². The van der Waals surface area contributed by atoms with Crippen molar-refractivity contribution < 1.29 is 19.8 Å². The van der Waals surface area contributed by atoms with E-state index in [9.17, 15) is 9.59 Å². The quantitative estimate of drug-likeness (QED) is 0.363. The van der Waals surface area contributed by atoms with Gasteiger partial charge in [-0.05, 0) is 5.75 Å². The Balaban J connectivity index is 3.32. The van der Waals surface area contributed by atoms with Gasteiger partial charge in [-0.1, -0.05) is 6.92 Å². The predicted molar refractivity (Wildman–Crippen MR) is 93.7 cm³/mol. The summed E-state index contributed by atoms with van der Waals surface area (Å²) in [5.74, 6) is 3.96. The summed E-state index contributed by atoms with van der Waals surface area (Å²) in [7, 11) is 0. The second-order valence-corrected chi connectivity index (χ2v) is 8.72. The van der Waals surface area contributed by atoms with Gasteiger partial charge in [-0.25, -0.2) is 0 Å². The number of carboxylic acid groups (broad SMARTS) is 2. The van der Waals surface area contributed by atoms with Crippen molar-refractivity contribution in [3.63, 3.8) is 0 Å². The standard InChI is InChI=1S/C12H22O4S4/c1-2-17-3-4-18-5-6-19-7-8-20-9-10(11(13)14)12(15)16/h10H,2-9H2,1H3,(H,13,14)(H,15,16). The Morgan fingerprint density at radius 1 is 0.800 bits per heavy atom. The van der Waals surface area contributed by atoms with Crippen molar-refractivity contribution in [2.45, 2.75) is 6.92 Å². The van der Waals surface area contributed by atoms with Crippen LogP contribution in [0.3, 0.4) is 0 Å². The number of hydrogen-bond donors (Lipinski definition) is 2. The lowest BCUT2D eigenvalue weighted by Gasteiger charge is -2.06. The Hall–Kier alpha value is 0.340. The largest absolute Gasteiger partial charge is 0.481 e. The first-order valence-corrected chi connectivity index (χ1v) is 11.0. The van der Waals surface area contributed by atoms with Crippen LogP contribution in [-0.2, 0) is 9.59 Å². The molecule has 0 aliphatic heterocycles. The number of carbonyl (C=O) groups is 2. The molecule has 0 fully saturated rings. The third-order valence-corrected chi connectivity index (χ3v) is 6.91. The first-order valence-electron chi connectivity index (χ1n) is 6.36. The van der Waals surface area contributed by atoms with Gasteiger partial charge in [0.05, 0.1) is 0 Å². The molecule has 0 aromatic rings. The van der Waals surface area contributed by atoms with E-state index in [2.05, 4.69) is 6.92 Å². The molecule has 118 valence electrons. The van der Waals surface area contributed by atoms with Gasteiger partial charge in [-0.3, -0.25) is 9.59 Å². The van der Waals surface area contributed by atoms with E-state index in [0.29, 0.717) is 0 Å². The van der Waals surface area contributed by atoms with Gasteiger partial charge in [-0.15, -0.1) is 0 Å². The van der Waals surface area contributed by atoms with Gasteiger partial charge in [0.2, 0.25) is 0 Å². The minimum absolute atomic E-state index is 0.147. The molecule has 0 aliphatic carbocycles. The molecule has 0 heterocycles. The maximum absolute atomic E-state index is 10.7. The van der Waals surface area contributed by atoms with E-state index in [1.54, 1.807) is 0 Å². The summed E-state index contributed by atoms with van der Waals surface area (Å²) in [6.45, 7) is 2.17. The SMILES string of the molecule is CCSCCSCCSCCSCC(C(=O)O)C(=O)O. The van der Waals surface area contributed by atoms with Crippen molar-refractivity contribution in [3.05, 3.63) is 0 Å². The molecule has 0 atom stereocenters. The molecule has 0 spiro atoms. The molecule has 0 rings (SSSR count). The molecule has 0 radical (unpaired) electrons. The third kappa shape index (κ3) is 12.1. The van der Waals surface area contributed by atoms with Gasteiger partial charge < -0.3 is 10.2 Å². The van der Waals surface area contributed by atoms with Crippen LogP contribution in [0.2, 0.25) is 0 Å². The molecule has 0 saturated carbocycles. The summed E-state index contributed by atoms with van der Waals surface area (Å²) < 4.78 is 0. The predicted octanol–water partition coefficient (Wildman–Crippen LogP) is 2.72. The van der Waals surface area contributed by atoms with Crippen molar-refractivity contribution in [1.82, 2.24) is 0 Å². The highest BCUT2D eigenvalue weighted by Crippen LogP contribution is 2.14. The van der Waals surface area contributed by atoms with E-state index in [-0.39, 0.29) is 5.75 Å². The van der Waals surface area contributed by atoms with E-state index in [0.717, 1.165) is 23.0 Å². The fourth-order valence-electron chi connectivity index (χ4n) is 1.15. The summed E-state index contributed by atoms with van der Waals surface area (Å²) in [6, 6.07) is 0. The lowest BCUT2D eigenvalue weighted by atomic mass is 10.2. The van der Waals surface area contributed by atoms with Crippen LogP contribution in [0.1, 0.15) is 6.92 Å². The van der Waals surface area contributed by atoms with Crippen molar-refractivity contribution in [2.24, 2.45) is 5.92 Å². The van der Waals surface area contributed by atoms with Crippen molar-refractivity contribution in [1.29, 1.82) is 0 Å². The van der Waals surface area contributed by atoms with Crippen molar-refractivity contribution in [3.8, 4) is 0 Å². The van der Waals surface area contributed by atoms with Gasteiger partial charge >= 0.3 is 11.9 Å². The Morgan fingerprint density at radius 2 is 1.20 bits per heavy atom. The third-order valence-electron chi connectivity index (χ3n) is 2.20. The summed E-state index contributed by atoms with van der Waals surface area (Å²) >= 11 is 7.17. The van der Waals surface area contributed by atoms with E-state index < -0.39 is 17.9 Å². The molecule has 20 heavy (non-hydrogen) atoms. The summed E-state index contributed by atoms with van der Waals surface area (Å²) in [5, 5.41) is 17.4. The van der Waals surface area contributed by atoms with Crippen LogP contribution in [0.4, 0.5) is 0 Å². The second kappa shape index (κ2) is 14.3. The average molecular weight is 359 g/mol. The Bertz CT molecular complexity index is 262. The number of carboxylic acids is 2. The van der Waals surface area contributed by atoms with Crippen LogP contribution in [-0.4, -0.2) is 68.2 Å². The lowest BCUT2D eigenvalue weighted by Crippen LogP contribution is -2.25. The van der Waals surface area contributed by atoms with Gasteiger partial charge in [0.1, 0.15) is 0 Å². The summed E-state index contributed by atoms with van der Waals surface area (Å²) in [4.78, 5) is 21.3. The Kier molecular flexibility index (Phi) is 14.5. The lowest BCUT2D eigenvalue weighted by molar-refractivity contribution is -0.153. The zero-order chi connectivity index (χ0) is 15.2. The topological polar surface area (TPSA) is 74.6 Å². The van der Waals surface area contributed by atoms with Crippen molar-refractivity contribution >= 4 is 59.0 Å². The fraction of sp³-hybridized carbons (Fsp3) is 0.833. The number of aliphatic carboxylic acids is 2. The first kappa shape index (κ1) is 20.3. The van der Waals surface area contributed by atoms with Crippen LogP contribution in [0.5, 0.6) is 0 Å². The maximum Gasteiger partial charge on any atom is 0.318 e. The molecule has 4 nitrogen and oxygen atoms in total.